The summed E-state index contributed by atoms with van der Waals surface area (Å²) in [5, 5.41) is 1.96. The third kappa shape index (κ3) is 9.86. The van der Waals surface area contributed by atoms with Gasteiger partial charge in [0.2, 0.25) is 0 Å². The fourth-order valence-electron chi connectivity index (χ4n) is 6.72. The van der Waals surface area contributed by atoms with Crippen LogP contribution in [0, 0.1) is 27.0 Å². The number of hydrogen-bond acceptors (Lipinski definition) is 8. The van der Waals surface area contributed by atoms with E-state index in [0.717, 1.165) is 65.4 Å². The smallest absolute Gasteiger partial charge is 0.469 e. The molecule has 4 aromatic carbocycles. The van der Waals surface area contributed by atoms with Crippen molar-refractivity contribution < 1.29 is 28.4 Å². The molecular formula is C46H50BBrN6O6. The molecule has 0 bridgehead atoms. The van der Waals surface area contributed by atoms with Gasteiger partial charge in [0, 0.05) is 63.3 Å². The second-order valence-corrected chi connectivity index (χ2v) is 16.2. The van der Waals surface area contributed by atoms with E-state index in [-0.39, 0.29) is 30.3 Å². The van der Waals surface area contributed by atoms with Crippen molar-refractivity contribution >= 4 is 85.0 Å². The van der Waals surface area contributed by atoms with Gasteiger partial charge in [0.1, 0.15) is 0 Å². The number of aromatic nitrogens is 2. The molecule has 0 radical (unpaired) electrons. The summed E-state index contributed by atoms with van der Waals surface area (Å²) in [6, 6.07) is 22.8. The number of hydrogen-bond donors (Lipinski definition) is 2. The maximum Gasteiger partial charge on any atom is 0.495 e. The first-order valence-corrected chi connectivity index (χ1v) is 20.1. The minimum atomic E-state index is -0.330. The van der Waals surface area contributed by atoms with Crippen molar-refractivity contribution in [2.45, 2.75) is 78.7 Å². The third-order valence-corrected chi connectivity index (χ3v) is 11.7. The molecule has 0 atom stereocenters. The van der Waals surface area contributed by atoms with Crippen molar-refractivity contribution in [3.05, 3.63) is 124 Å². The highest BCUT2D eigenvalue weighted by Crippen LogP contribution is 2.38. The quantitative estimate of drug-likeness (QED) is 0.0667. The Morgan fingerprint density at radius 3 is 1.73 bits per heavy atom. The van der Waals surface area contributed by atoms with E-state index in [2.05, 4.69) is 58.1 Å². The molecule has 310 valence electrons. The Hall–Kier alpha value is -6.06. The van der Waals surface area contributed by atoms with Gasteiger partial charge in [-0.15, -0.1) is 0 Å². The largest absolute Gasteiger partial charge is 0.495 e. The predicted octanol–water partition coefficient (Wildman–Crippen LogP) is 9.71. The Morgan fingerprint density at radius 1 is 0.717 bits per heavy atom. The summed E-state index contributed by atoms with van der Waals surface area (Å²) in [4.78, 5) is 29.6. The van der Waals surface area contributed by atoms with Crippen LogP contribution in [0.4, 0.5) is 22.7 Å². The normalized spacial score (nSPS) is 13.7. The van der Waals surface area contributed by atoms with Gasteiger partial charge in [0.25, 0.3) is 0 Å². The number of halogens is 1. The highest BCUT2D eigenvalue weighted by atomic mass is 79.9. The lowest BCUT2D eigenvalue weighted by Gasteiger charge is -2.32. The highest BCUT2D eigenvalue weighted by molar-refractivity contribution is 9.10. The van der Waals surface area contributed by atoms with Crippen molar-refractivity contribution in [1.82, 2.24) is 9.13 Å². The maximum absolute atomic E-state index is 11.5. The number of nitrogens with two attached hydrogens (primary N) is 2. The van der Waals surface area contributed by atoms with Gasteiger partial charge in [-0.3, -0.25) is 9.59 Å². The average molecular weight is 874 g/mol. The number of rotatable bonds is 8. The van der Waals surface area contributed by atoms with E-state index in [1.54, 1.807) is 12.1 Å². The van der Waals surface area contributed by atoms with Crippen LogP contribution in [0.15, 0.2) is 89.7 Å². The van der Waals surface area contributed by atoms with Crippen LogP contribution in [0.25, 0.3) is 42.6 Å². The van der Waals surface area contributed by atoms with E-state index in [9.17, 15) is 9.59 Å². The molecule has 14 heteroatoms. The van der Waals surface area contributed by atoms with E-state index in [0.29, 0.717) is 37.3 Å². The molecule has 6 aromatic rings. The van der Waals surface area contributed by atoms with Crippen molar-refractivity contribution in [3.63, 3.8) is 0 Å². The number of anilines is 2. The molecule has 0 aliphatic carbocycles. The molecule has 2 aromatic heterocycles. The standard InChI is InChI=1S/C20H19N3O2.C13H20BNO2.C13H11BrN2O2/c1-13-15(5-4-6-18(13)21)17-12-23(10-9-20(24)25-3)19-8-7-14(22-2)11-16(17)19;1-9-10(7-6-8-11(9)15)14-16-12(2,3)13(4,5)17-14;1-15-9-3-4-12-10(7-9)11(14)8-16(12)6-5-13(17)18-2/h4-8,11-12H,9-10,21H2,1,3H3;6-8H,15H2,1-5H3;3-4,7-8H,5-6H2,2H3. The summed E-state index contributed by atoms with van der Waals surface area (Å²) in [7, 11) is 2.44. The topological polar surface area (TPSA) is 142 Å². The van der Waals surface area contributed by atoms with E-state index >= 15 is 0 Å². The zero-order valence-corrected chi connectivity index (χ0v) is 36.8. The molecule has 60 heavy (non-hydrogen) atoms. The van der Waals surface area contributed by atoms with E-state index in [1.807, 2.05) is 96.0 Å². The predicted molar refractivity (Wildman–Crippen MR) is 243 cm³/mol. The lowest BCUT2D eigenvalue weighted by atomic mass is 9.76. The number of nitrogens with zero attached hydrogens (tertiary/aromatic N) is 4. The zero-order chi connectivity index (χ0) is 43.9. The minimum absolute atomic E-state index is 0.231. The first-order chi connectivity index (χ1) is 28.4. The summed E-state index contributed by atoms with van der Waals surface area (Å²) in [6.45, 7) is 27.5. The number of methoxy groups -OCH3 is 2. The molecule has 0 saturated carbocycles. The molecule has 3 heterocycles. The molecule has 1 aliphatic rings. The Bertz CT molecular complexity index is 2620. The third-order valence-electron chi connectivity index (χ3n) is 11.1. The number of aryl methyl sites for hydroxylation is 2. The molecular weight excluding hydrogens is 823 g/mol. The number of esters is 2. The van der Waals surface area contributed by atoms with E-state index in [1.165, 1.54) is 14.2 Å². The molecule has 1 saturated heterocycles. The van der Waals surface area contributed by atoms with Crippen LogP contribution in [0.2, 0.25) is 0 Å². The van der Waals surface area contributed by atoms with E-state index < -0.39 is 0 Å². The Balaban J connectivity index is 0.000000175. The zero-order valence-electron chi connectivity index (χ0n) is 35.3. The second kappa shape index (κ2) is 18.9. The number of ether oxygens (including phenoxy) is 2. The van der Waals surface area contributed by atoms with Crippen LogP contribution in [-0.2, 0) is 41.5 Å². The Labute approximate surface area is 360 Å². The van der Waals surface area contributed by atoms with Crippen LogP contribution >= 0.6 is 15.9 Å². The SMILES string of the molecule is Cc1c(N)cccc1B1OC(C)(C)C(C)(C)O1.[C-]#[N+]c1ccc2c(c1)c(-c1cccc(N)c1C)cn2CCC(=O)OC.[C-]#[N+]c1ccc2c(c1)c(Br)cn2CCC(=O)OC. The molecule has 0 spiro atoms. The van der Waals surface area contributed by atoms with Gasteiger partial charge in [-0.1, -0.05) is 36.4 Å². The molecule has 1 fully saturated rings. The number of benzene rings is 4. The minimum Gasteiger partial charge on any atom is -0.469 e. The fourth-order valence-corrected chi connectivity index (χ4v) is 7.29. The number of carbonyl (C=O) groups is 2. The summed E-state index contributed by atoms with van der Waals surface area (Å²) >= 11 is 3.47. The highest BCUT2D eigenvalue weighted by Gasteiger charge is 2.52. The number of fused-ring (bicyclic) bond motifs is 2. The first-order valence-electron chi connectivity index (χ1n) is 19.3. The summed E-state index contributed by atoms with van der Waals surface area (Å²) < 4.78 is 26.3. The fraction of sp³-hybridized carbons (Fsp3) is 0.304. The van der Waals surface area contributed by atoms with E-state index in [4.69, 9.17) is 38.7 Å². The van der Waals surface area contributed by atoms with Gasteiger partial charge >= 0.3 is 19.1 Å². The van der Waals surface area contributed by atoms with Crippen molar-refractivity contribution in [2.75, 3.05) is 25.7 Å². The van der Waals surface area contributed by atoms with Crippen LogP contribution in [0.5, 0.6) is 0 Å². The number of nitrogen functional groups attached to an aromatic ring is 2. The molecule has 4 N–H and O–H groups in total. The summed E-state index contributed by atoms with van der Waals surface area (Å²) in [6.07, 6.45) is 4.56. The van der Waals surface area contributed by atoms with Crippen molar-refractivity contribution in [2.24, 2.45) is 0 Å². The van der Waals surface area contributed by atoms with Crippen LogP contribution in [0.1, 0.15) is 51.7 Å². The van der Waals surface area contributed by atoms with Crippen molar-refractivity contribution in [3.8, 4) is 11.1 Å². The summed E-state index contributed by atoms with van der Waals surface area (Å²) in [5.41, 5.74) is 21.1. The molecule has 12 nitrogen and oxygen atoms in total. The number of carbonyl (C=O) groups excluding carboxylic acids is 2. The van der Waals surface area contributed by atoms with Crippen LogP contribution < -0.4 is 16.9 Å². The van der Waals surface area contributed by atoms with Gasteiger partial charge in [0.15, 0.2) is 11.4 Å². The lowest BCUT2D eigenvalue weighted by molar-refractivity contribution is -0.141. The average Bonchev–Trinajstić information content (AvgIpc) is 3.83. The van der Waals surface area contributed by atoms with Gasteiger partial charge in [-0.2, -0.15) is 0 Å². The lowest BCUT2D eigenvalue weighted by Crippen LogP contribution is -2.41. The molecule has 0 unspecified atom stereocenters. The molecule has 0 amide bonds. The van der Waals surface area contributed by atoms with Gasteiger partial charge in [0.05, 0.1) is 51.4 Å². The maximum atomic E-state index is 11.5. The molecule has 7 rings (SSSR count). The van der Waals surface area contributed by atoms with Gasteiger partial charge in [-0.05, 0) is 121 Å². The first kappa shape index (κ1) is 45.0. The Morgan fingerprint density at radius 2 is 1.20 bits per heavy atom. The molecule has 1 aliphatic heterocycles. The monoisotopic (exact) mass is 872 g/mol. The Kier molecular flexibility index (Phi) is 14.2. The van der Waals surface area contributed by atoms with Crippen molar-refractivity contribution in [1.29, 1.82) is 0 Å². The van der Waals surface area contributed by atoms with Gasteiger partial charge < -0.3 is 39.4 Å². The van der Waals surface area contributed by atoms with Crippen LogP contribution in [0.3, 0.4) is 0 Å². The summed E-state index contributed by atoms with van der Waals surface area (Å²) in [5.74, 6) is -0.480. The second-order valence-electron chi connectivity index (χ2n) is 15.4. The van der Waals surface area contributed by atoms with Gasteiger partial charge in [-0.25, -0.2) is 9.69 Å². The van der Waals surface area contributed by atoms with Crippen LogP contribution in [-0.4, -0.2) is 53.6 Å².